The Hall–Kier alpha value is -2.81. The lowest BCUT2D eigenvalue weighted by atomic mass is 9.78. The van der Waals surface area contributed by atoms with E-state index in [-0.39, 0.29) is 33.8 Å². The molecule has 6 N–H and O–H groups in total. The van der Waals surface area contributed by atoms with Crippen LogP contribution in [0.1, 0.15) is 70.7 Å². The summed E-state index contributed by atoms with van der Waals surface area (Å²) in [6, 6.07) is 11.4. The summed E-state index contributed by atoms with van der Waals surface area (Å²) in [4.78, 5) is 12.0. The molecule has 8 heteroatoms. The third kappa shape index (κ3) is 8.09. The number of ether oxygens (including phenoxy) is 2. The minimum atomic E-state index is -0.784. The van der Waals surface area contributed by atoms with Gasteiger partial charge in [0.15, 0.2) is 0 Å². The molecule has 0 aromatic heterocycles. The quantitative estimate of drug-likeness (QED) is 0.397. The summed E-state index contributed by atoms with van der Waals surface area (Å²) < 4.78 is 10.6. The number of phenolic OH excluding ortho intramolecular Hbond substituents is 1. The number of fused-ring (bicyclic) bond motifs is 2. The number of aliphatic hydroxyl groups excluding tert-OH is 2. The third-order valence-corrected chi connectivity index (χ3v) is 6.89. The maximum Gasteiger partial charge on any atom is 0.408 e. The smallest absolute Gasteiger partial charge is 0.408 e. The highest BCUT2D eigenvalue weighted by Gasteiger charge is 2.37. The fraction of sp³-hybridized carbons (Fsp3) is 0.567. The van der Waals surface area contributed by atoms with Crippen molar-refractivity contribution in [2.75, 3.05) is 20.3 Å². The Morgan fingerprint density at radius 2 is 1.58 bits per heavy atom. The summed E-state index contributed by atoms with van der Waals surface area (Å²) in [7, 11) is 1.67. The van der Waals surface area contributed by atoms with E-state index in [1.165, 1.54) is 5.56 Å². The van der Waals surface area contributed by atoms with Crippen molar-refractivity contribution in [1.82, 2.24) is 5.32 Å². The van der Waals surface area contributed by atoms with Crippen LogP contribution in [0.25, 0.3) is 0 Å². The average molecular weight is 533 g/mol. The number of phenols is 1. The number of alkyl carbamates (subject to hydrolysis) is 1. The first-order valence-electron chi connectivity index (χ1n) is 12.4. The normalized spacial score (nSPS) is 21.7. The highest BCUT2D eigenvalue weighted by atomic mass is 16.6. The molecule has 2 aliphatic rings. The van der Waals surface area contributed by atoms with Crippen LogP contribution in [0.3, 0.4) is 0 Å². The number of aryl methyl sites for hydroxylation is 2. The van der Waals surface area contributed by atoms with Gasteiger partial charge in [0, 0.05) is 12.0 Å². The first-order valence-corrected chi connectivity index (χ1v) is 12.4. The van der Waals surface area contributed by atoms with E-state index in [2.05, 4.69) is 11.4 Å². The van der Waals surface area contributed by atoms with Gasteiger partial charge in [-0.05, 0) is 87.3 Å². The average Bonchev–Trinajstić information content (AvgIpc) is 2.83. The molecule has 0 aliphatic heterocycles. The molecule has 2 atom stereocenters. The lowest BCUT2D eigenvalue weighted by Gasteiger charge is -2.38. The highest BCUT2D eigenvalue weighted by Crippen LogP contribution is 2.34. The lowest BCUT2D eigenvalue weighted by Crippen LogP contribution is -2.55. The number of nitrogens with one attached hydrogen (secondary N) is 1. The number of methoxy groups -OCH3 is 1. The molecule has 214 valence electrons. The number of carbonyl (C=O) groups is 1. The lowest BCUT2D eigenvalue weighted by molar-refractivity contribution is 0.0377. The SMILES string of the molecule is C.C.CC(C)(C)OC(=O)NC1(CO)CCc2cccc(O)c2C1.COc1cccc2c1CC(N)(CO)CC2. The Bertz CT molecular complexity index is 1050. The monoisotopic (exact) mass is 532 g/mol. The van der Waals surface area contributed by atoms with Crippen molar-refractivity contribution in [2.24, 2.45) is 5.73 Å². The van der Waals surface area contributed by atoms with Gasteiger partial charge in [0.2, 0.25) is 0 Å². The zero-order valence-corrected chi connectivity index (χ0v) is 21.8. The number of nitrogens with two attached hydrogens (primary N) is 1. The minimum Gasteiger partial charge on any atom is -0.508 e. The zero-order chi connectivity index (χ0) is 26.6. The van der Waals surface area contributed by atoms with Crippen LogP contribution in [0.4, 0.5) is 4.79 Å². The second-order valence-electron chi connectivity index (χ2n) is 11.0. The molecule has 8 nitrogen and oxygen atoms in total. The molecule has 1 amide bonds. The van der Waals surface area contributed by atoms with Crippen LogP contribution >= 0.6 is 0 Å². The Kier molecular flexibility index (Phi) is 11.6. The molecule has 0 fully saturated rings. The number of aliphatic hydroxyl groups is 2. The van der Waals surface area contributed by atoms with Gasteiger partial charge in [-0.15, -0.1) is 0 Å². The van der Waals surface area contributed by atoms with Crippen molar-refractivity contribution in [3.05, 3.63) is 58.7 Å². The maximum absolute atomic E-state index is 12.0. The first-order chi connectivity index (χ1) is 16.9. The molecule has 0 saturated heterocycles. The topological polar surface area (TPSA) is 134 Å². The van der Waals surface area contributed by atoms with Crippen LogP contribution in [0.5, 0.6) is 11.5 Å². The van der Waals surface area contributed by atoms with Crippen molar-refractivity contribution in [2.45, 2.75) is 90.8 Å². The number of rotatable bonds is 4. The van der Waals surface area contributed by atoms with E-state index in [1.54, 1.807) is 40.0 Å². The van der Waals surface area contributed by atoms with E-state index in [4.69, 9.17) is 15.2 Å². The van der Waals surface area contributed by atoms with Crippen LogP contribution in [0, 0.1) is 0 Å². The second-order valence-corrected chi connectivity index (χ2v) is 11.0. The highest BCUT2D eigenvalue weighted by molar-refractivity contribution is 5.69. The number of benzene rings is 2. The molecule has 2 aliphatic carbocycles. The molecule has 0 radical (unpaired) electrons. The Morgan fingerprint density at radius 1 is 0.974 bits per heavy atom. The van der Waals surface area contributed by atoms with Crippen LogP contribution in [-0.4, -0.2) is 58.4 Å². The second kappa shape index (κ2) is 13.3. The van der Waals surface area contributed by atoms with Gasteiger partial charge in [-0.2, -0.15) is 0 Å². The van der Waals surface area contributed by atoms with Gasteiger partial charge in [0.1, 0.15) is 17.1 Å². The van der Waals surface area contributed by atoms with E-state index < -0.39 is 22.8 Å². The summed E-state index contributed by atoms with van der Waals surface area (Å²) in [6.45, 7) is 5.21. The van der Waals surface area contributed by atoms with Gasteiger partial charge in [-0.3, -0.25) is 0 Å². The molecule has 0 heterocycles. The number of carbonyl (C=O) groups excluding carboxylic acids is 1. The Balaban J connectivity index is 0.000000378. The van der Waals surface area contributed by atoms with E-state index in [1.807, 2.05) is 18.2 Å². The summed E-state index contributed by atoms with van der Waals surface area (Å²) in [5.41, 5.74) is 8.55. The molecule has 2 unspecified atom stereocenters. The molecule has 0 spiro atoms. The fourth-order valence-corrected chi connectivity index (χ4v) is 4.86. The molecule has 4 rings (SSSR count). The fourth-order valence-electron chi connectivity index (χ4n) is 4.86. The standard InChI is InChI=1S/C16H23NO4.C12H17NO2.2CH4/c1-15(2,3)21-14(20)17-16(10-18)8-7-11-5-4-6-13(19)12(11)9-16;1-15-11-4-2-3-9-5-6-12(13,8-14)7-10(9)11;;/h4-6,18-19H,7-10H2,1-3H3,(H,17,20);2-4,14H,5-8,13H2,1H3;2*1H4. The van der Waals surface area contributed by atoms with Gasteiger partial charge in [0.25, 0.3) is 0 Å². The van der Waals surface area contributed by atoms with Crippen LogP contribution in [-0.2, 0) is 30.4 Å². The number of hydrogen-bond acceptors (Lipinski definition) is 7. The molecule has 0 saturated carbocycles. The van der Waals surface area contributed by atoms with Crippen molar-refractivity contribution in [3.63, 3.8) is 0 Å². The minimum absolute atomic E-state index is 0. The Labute approximate surface area is 228 Å². The van der Waals surface area contributed by atoms with Crippen molar-refractivity contribution < 1.29 is 29.6 Å². The van der Waals surface area contributed by atoms with E-state index in [0.717, 1.165) is 35.3 Å². The molecule has 0 bridgehead atoms. The van der Waals surface area contributed by atoms with Crippen molar-refractivity contribution in [3.8, 4) is 11.5 Å². The van der Waals surface area contributed by atoms with E-state index >= 15 is 0 Å². The molecular weight excluding hydrogens is 484 g/mol. The van der Waals surface area contributed by atoms with Crippen LogP contribution in [0.15, 0.2) is 36.4 Å². The van der Waals surface area contributed by atoms with Crippen LogP contribution in [0.2, 0.25) is 0 Å². The maximum atomic E-state index is 12.0. The molecule has 2 aromatic carbocycles. The van der Waals surface area contributed by atoms with Crippen LogP contribution < -0.4 is 15.8 Å². The zero-order valence-electron chi connectivity index (χ0n) is 21.8. The van der Waals surface area contributed by atoms with Gasteiger partial charge >= 0.3 is 6.09 Å². The van der Waals surface area contributed by atoms with Gasteiger partial charge in [-0.1, -0.05) is 39.1 Å². The molecular formula is C30H48N2O6. The number of aromatic hydroxyl groups is 1. The summed E-state index contributed by atoms with van der Waals surface area (Å²) in [5.74, 6) is 1.09. The predicted molar refractivity (Wildman–Crippen MR) is 152 cm³/mol. The molecule has 2 aromatic rings. The van der Waals surface area contributed by atoms with Crippen molar-refractivity contribution >= 4 is 6.09 Å². The Morgan fingerprint density at radius 3 is 2.16 bits per heavy atom. The van der Waals surface area contributed by atoms with Crippen molar-refractivity contribution in [1.29, 1.82) is 0 Å². The summed E-state index contributed by atoms with van der Waals surface area (Å²) >= 11 is 0. The summed E-state index contributed by atoms with van der Waals surface area (Å²) in [6.07, 6.45) is 3.61. The largest absolute Gasteiger partial charge is 0.508 e. The van der Waals surface area contributed by atoms with Gasteiger partial charge < -0.3 is 35.8 Å². The third-order valence-electron chi connectivity index (χ3n) is 6.89. The molecule has 38 heavy (non-hydrogen) atoms. The van der Waals surface area contributed by atoms with E-state index in [9.17, 15) is 20.1 Å². The predicted octanol–water partition coefficient (Wildman–Crippen LogP) is 4.28. The number of hydrogen-bond donors (Lipinski definition) is 5. The number of amides is 1. The van der Waals surface area contributed by atoms with Gasteiger partial charge in [-0.25, -0.2) is 4.79 Å². The van der Waals surface area contributed by atoms with E-state index in [0.29, 0.717) is 25.7 Å². The van der Waals surface area contributed by atoms with Gasteiger partial charge in [0.05, 0.1) is 25.9 Å². The first kappa shape index (κ1) is 33.2. The summed E-state index contributed by atoms with van der Waals surface area (Å²) in [5, 5.41) is 31.8.